The highest BCUT2D eigenvalue weighted by Crippen LogP contribution is 2.41. The molecule has 8 heteroatoms. The van der Waals surface area contributed by atoms with E-state index in [0.29, 0.717) is 34.7 Å². The molecule has 0 saturated carbocycles. The van der Waals surface area contributed by atoms with E-state index in [-0.39, 0.29) is 12.4 Å². The van der Waals surface area contributed by atoms with Crippen LogP contribution in [0.2, 0.25) is 16.6 Å². The molecule has 0 radical (unpaired) electrons. The minimum Gasteiger partial charge on any atom is -0.488 e. The molecule has 5 aromatic rings. The third kappa shape index (κ3) is 6.95. The molecule has 5 rings (SSSR count). The summed E-state index contributed by atoms with van der Waals surface area (Å²) >= 11 is 0. The normalized spacial score (nSPS) is 11.7. The smallest absolute Gasteiger partial charge is 0.146 e. The molecule has 0 unspecified atom stereocenters. The van der Waals surface area contributed by atoms with Gasteiger partial charge in [-0.05, 0) is 82.9 Å². The maximum absolute atomic E-state index is 13.9. The van der Waals surface area contributed by atoms with Gasteiger partial charge in [0, 0.05) is 23.7 Å². The van der Waals surface area contributed by atoms with Crippen molar-refractivity contribution in [1.82, 2.24) is 9.97 Å². The summed E-state index contributed by atoms with van der Waals surface area (Å²) in [5.74, 6) is 6.01. The molecule has 0 saturated heterocycles. The van der Waals surface area contributed by atoms with Gasteiger partial charge in [0.15, 0.2) is 0 Å². The Balaban J connectivity index is 1.44. The fourth-order valence-corrected chi connectivity index (χ4v) is 11.8. The van der Waals surface area contributed by atoms with Crippen LogP contribution in [0.5, 0.6) is 5.75 Å². The molecular formula is C38H43FN4O2Si. The van der Waals surface area contributed by atoms with E-state index in [1.807, 2.05) is 55.6 Å². The Bertz CT molecular complexity index is 1870. The average Bonchev–Trinajstić information content (AvgIpc) is 3.48. The number of anilines is 2. The topological polar surface area (TPSA) is 77.4 Å². The van der Waals surface area contributed by atoms with E-state index in [9.17, 15) is 4.39 Å². The van der Waals surface area contributed by atoms with Gasteiger partial charge in [0.25, 0.3) is 0 Å². The maximum atomic E-state index is 13.9. The summed E-state index contributed by atoms with van der Waals surface area (Å²) in [6, 6.07) is 22.4. The number of hydrogen-bond acceptors (Lipinski definition) is 6. The Morgan fingerprint density at radius 2 is 1.67 bits per heavy atom. The lowest BCUT2D eigenvalue weighted by atomic mass is 10.1. The molecule has 46 heavy (non-hydrogen) atoms. The summed E-state index contributed by atoms with van der Waals surface area (Å²) in [6.07, 6.45) is 1.47. The SMILES string of the molecule is CC(C)[Si](C#Cc1cc(N(C)Cc2ccc(-c3ccc4ncnc(N)c4c3)o2)ccc1OCc1cccc(F)c1)(C(C)C)C(C)C. The summed E-state index contributed by atoms with van der Waals surface area (Å²) < 4.78 is 26.4. The van der Waals surface area contributed by atoms with Crippen LogP contribution in [-0.2, 0) is 13.2 Å². The van der Waals surface area contributed by atoms with Crippen molar-refractivity contribution in [1.29, 1.82) is 0 Å². The molecule has 0 fully saturated rings. The highest BCUT2D eigenvalue weighted by atomic mass is 28.3. The lowest BCUT2D eigenvalue weighted by Gasteiger charge is -2.38. The van der Waals surface area contributed by atoms with Crippen LogP contribution in [0, 0.1) is 17.3 Å². The van der Waals surface area contributed by atoms with Gasteiger partial charge in [0.1, 0.15) is 49.9 Å². The maximum Gasteiger partial charge on any atom is 0.146 e. The second-order valence-corrected chi connectivity index (χ2v) is 18.4. The first-order valence-electron chi connectivity index (χ1n) is 15.8. The molecule has 0 spiro atoms. The number of fused-ring (bicyclic) bond motifs is 1. The lowest BCUT2D eigenvalue weighted by molar-refractivity contribution is 0.305. The van der Waals surface area contributed by atoms with E-state index in [4.69, 9.17) is 14.9 Å². The molecule has 0 aliphatic rings. The number of nitrogens with two attached hydrogens (primary N) is 1. The van der Waals surface area contributed by atoms with E-state index in [2.05, 4.69) is 73.9 Å². The summed E-state index contributed by atoms with van der Waals surface area (Å²) in [5, 5.41) is 0.794. The number of nitrogen functional groups attached to an aromatic ring is 1. The van der Waals surface area contributed by atoms with Crippen molar-refractivity contribution in [2.24, 2.45) is 0 Å². The van der Waals surface area contributed by atoms with Crippen LogP contribution in [0.3, 0.4) is 0 Å². The minimum atomic E-state index is -1.99. The third-order valence-corrected chi connectivity index (χ3v) is 15.3. The zero-order valence-electron chi connectivity index (χ0n) is 27.8. The zero-order valence-corrected chi connectivity index (χ0v) is 28.8. The van der Waals surface area contributed by atoms with Gasteiger partial charge in [-0.25, -0.2) is 14.4 Å². The fraction of sp³-hybridized carbons (Fsp3) is 0.316. The molecular weight excluding hydrogens is 592 g/mol. The second kappa shape index (κ2) is 13.8. The molecule has 238 valence electrons. The molecule has 2 aromatic heterocycles. The first kappa shape index (κ1) is 32.8. The summed E-state index contributed by atoms with van der Waals surface area (Å²) in [7, 11) is 0.0391. The number of halogens is 1. The summed E-state index contributed by atoms with van der Waals surface area (Å²) in [6.45, 7) is 14.7. The fourth-order valence-electron chi connectivity index (χ4n) is 6.55. The van der Waals surface area contributed by atoms with E-state index >= 15 is 0 Å². The molecule has 6 nitrogen and oxygen atoms in total. The molecule has 0 aliphatic heterocycles. The quantitative estimate of drug-likeness (QED) is 0.122. The van der Waals surface area contributed by atoms with Gasteiger partial charge >= 0.3 is 0 Å². The van der Waals surface area contributed by atoms with Crippen LogP contribution in [0.4, 0.5) is 15.9 Å². The molecule has 0 bridgehead atoms. The molecule has 2 N–H and O–H groups in total. The van der Waals surface area contributed by atoms with Crippen molar-refractivity contribution in [3.63, 3.8) is 0 Å². The van der Waals surface area contributed by atoms with Crippen LogP contribution in [0.25, 0.3) is 22.2 Å². The average molecular weight is 635 g/mol. The summed E-state index contributed by atoms with van der Waals surface area (Å²) in [5.41, 5.74) is 15.7. The molecule has 0 amide bonds. The number of ether oxygens (including phenoxy) is 1. The third-order valence-electron chi connectivity index (χ3n) is 8.97. The number of benzene rings is 3. The Labute approximate surface area is 272 Å². The van der Waals surface area contributed by atoms with Crippen molar-refractivity contribution in [2.45, 2.75) is 71.3 Å². The minimum absolute atomic E-state index is 0.254. The monoisotopic (exact) mass is 634 g/mol. The highest BCUT2D eigenvalue weighted by Gasteiger charge is 2.41. The Hall–Kier alpha value is -4.61. The van der Waals surface area contributed by atoms with Crippen LogP contribution >= 0.6 is 0 Å². The molecule has 3 aromatic carbocycles. The van der Waals surface area contributed by atoms with Crippen molar-refractivity contribution in [2.75, 3.05) is 17.7 Å². The first-order chi connectivity index (χ1) is 22.0. The molecule has 2 heterocycles. The van der Waals surface area contributed by atoms with Crippen molar-refractivity contribution >= 4 is 30.5 Å². The number of aromatic nitrogens is 2. The van der Waals surface area contributed by atoms with Crippen LogP contribution in [0.15, 0.2) is 83.5 Å². The summed E-state index contributed by atoms with van der Waals surface area (Å²) in [4.78, 5) is 10.5. The number of nitrogens with zero attached hydrogens (tertiary/aromatic N) is 3. The van der Waals surface area contributed by atoms with Gasteiger partial charge in [-0.15, -0.1) is 5.54 Å². The predicted octanol–water partition coefficient (Wildman–Crippen LogP) is 9.40. The Kier molecular flexibility index (Phi) is 9.83. The number of rotatable bonds is 10. The Morgan fingerprint density at radius 1 is 0.913 bits per heavy atom. The first-order valence-corrected chi connectivity index (χ1v) is 18.1. The van der Waals surface area contributed by atoms with Gasteiger partial charge in [-0.1, -0.05) is 59.6 Å². The Morgan fingerprint density at radius 3 is 2.39 bits per heavy atom. The van der Waals surface area contributed by atoms with Crippen molar-refractivity contribution < 1.29 is 13.5 Å². The van der Waals surface area contributed by atoms with Crippen molar-refractivity contribution in [3.05, 3.63) is 102 Å². The standard InChI is InChI=1S/C38H43FN4O2Si/c1-25(2)46(26(3)4,27(5)6)18-17-30-20-32(12-15-36(30)44-23-28-9-8-10-31(39)19-28)43(7)22-33-13-16-37(45-33)29-11-14-35-34(21-29)38(40)42-24-41-35/h8-16,19-21,24-27H,22-23H2,1-7H3,(H2,40,41,42). The van der Waals surface area contributed by atoms with E-state index < -0.39 is 8.07 Å². The van der Waals surface area contributed by atoms with Gasteiger partial charge in [-0.3, -0.25) is 0 Å². The van der Waals surface area contributed by atoms with Gasteiger partial charge in [0.05, 0.1) is 17.6 Å². The molecule has 0 atom stereocenters. The van der Waals surface area contributed by atoms with Gasteiger partial charge in [-0.2, -0.15) is 0 Å². The number of furan rings is 1. The number of hydrogen-bond donors (Lipinski definition) is 1. The molecule has 0 aliphatic carbocycles. The van der Waals surface area contributed by atoms with Gasteiger partial charge < -0.3 is 19.8 Å². The van der Waals surface area contributed by atoms with Crippen molar-refractivity contribution in [3.8, 4) is 28.5 Å². The highest BCUT2D eigenvalue weighted by molar-refractivity contribution is 6.90. The van der Waals surface area contributed by atoms with E-state index in [1.54, 1.807) is 6.07 Å². The van der Waals surface area contributed by atoms with Crippen LogP contribution in [0.1, 0.15) is 58.4 Å². The zero-order chi connectivity index (χ0) is 33.0. The van der Waals surface area contributed by atoms with E-state index in [1.165, 1.54) is 18.5 Å². The predicted molar refractivity (Wildman–Crippen MR) is 189 cm³/mol. The van der Waals surface area contributed by atoms with Crippen LogP contribution < -0.4 is 15.4 Å². The lowest BCUT2D eigenvalue weighted by Crippen LogP contribution is -2.43. The second-order valence-electron chi connectivity index (χ2n) is 12.9. The van der Waals surface area contributed by atoms with Crippen LogP contribution in [-0.4, -0.2) is 25.1 Å². The van der Waals surface area contributed by atoms with Gasteiger partial charge in [0.2, 0.25) is 0 Å². The largest absolute Gasteiger partial charge is 0.488 e. The van der Waals surface area contributed by atoms with E-state index in [0.717, 1.165) is 44.8 Å².